The molecule has 7 heavy (non-hydrogen) atoms. The van der Waals surface area contributed by atoms with Crippen LogP contribution in [0.4, 0.5) is 8.78 Å². The molecule has 0 saturated heterocycles. The van der Waals surface area contributed by atoms with Crippen LogP contribution in [-0.2, 0) is 4.74 Å². The Morgan fingerprint density at radius 3 is 2.14 bits per heavy atom. The van der Waals surface area contributed by atoms with Gasteiger partial charge >= 0.3 is 6.61 Å². The first-order valence-electron chi connectivity index (χ1n) is 2.13. The van der Waals surface area contributed by atoms with Gasteiger partial charge in [0, 0.05) is 0 Å². The second-order valence-corrected chi connectivity index (χ2v) is 1.54. The summed E-state index contributed by atoms with van der Waals surface area (Å²) in [4.78, 5) is 0. The van der Waals surface area contributed by atoms with Gasteiger partial charge < -0.3 is 4.74 Å². The van der Waals surface area contributed by atoms with Crippen molar-refractivity contribution >= 4 is 0 Å². The van der Waals surface area contributed by atoms with Crippen molar-refractivity contribution in [3.8, 4) is 0 Å². The normalized spacial score (nSPS) is 21.0. The zero-order valence-electron chi connectivity index (χ0n) is 3.66. The quantitative estimate of drug-likeness (QED) is 0.520. The van der Waals surface area contributed by atoms with Crippen LogP contribution in [0, 0.1) is 6.61 Å². The van der Waals surface area contributed by atoms with E-state index in [1.807, 2.05) is 0 Å². The summed E-state index contributed by atoms with van der Waals surface area (Å²) in [5.74, 6) is 0. The molecular weight excluding hydrogens is 102 g/mol. The molecule has 1 nitrogen and oxygen atoms in total. The lowest BCUT2D eigenvalue weighted by Gasteiger charge is -1.91. The molecule has 0 N–H and O–H groups in total. The fourth-order valence-corrected chi connectivity index (χ4v) is 0.312. The molecule has 0 aromatic rings. The molecule has 1 rings (SSSR count). The molecular formula is C4H5F2O. The number of rotatable bonds is 2. The Morgan fingerprint density at radius 2 is 2.00 bits per heavy atom. The molecule has 1 saturated carbocycles. The van der Waals surface area contributed by atoms with Crippen LogP contribution in [0.25, 0.3) is 0 Å². The number of hydrogen-bond donors (Lipinski definition) is 0. The van der Waals surface area contributed by atoms with Gasteiger partial charge in [-0.1, -0.05) is 0 Å². The van der Waals surface area contributed by atoms with Crippen LogP contribution in [0.1, 0.15) is 12.8 Å². The van der Waals surface area contributed by atoms with Crippen LogP contribution >= 0.6 is 0 Å². The van der Waals surface area contributed by atoms with Gasteiger partial charge in [0.2, 0.25) is 0 Å². The highest BCUT2D eigenvalue weighted by Crippen LogP contribution is 2.27. The van der Waals surface area contributed by atoms with E-state index in [1.165, 1.54) is 0 Å². The monoisotopic (exact) mass is 107 g/mol. The average Bonchev–Trinajstić information content (AvgIpc) is 2.17. The summed E-state index contributed by atoms with van der Waals surface area (Å²) in [5.41, 5.74) is 0. The van der Waals surface area contributed by atoms with E-state index in [4.69, 9.17) is 0 Å². The zero-order valence-corrected chi connectivity index (χ0v) is 3.66. The highest BCUT2D eigenvalue weighted by Gasteiger charge is 2.26. The van der Waals surface area contributed by atoms with Gasteiger partial charge in [0.05, 0.1) is 6.10 Å². The molecule has 0 aliphatic heterocycles. The minimum atomic E-state index is -1.90. The van der Waals surface area contributed by atoms with Crippen molar-refractivity contribution < 1.29 is 13.5 Å². The second-order valence-electron chi connectivity index (χ2n) is 1.54. The third kappa shape index (κ3) is 1.83. The van der Waals surface area contributed by atoms with Crippen LogP contribution < -0.4 is 0 Å². The first-order valence-corrected chi connectivity index (χ1v) is 2.13. The molecule has 41 valence electrons. The van der Waals surface area contributed by atoms with Crippen molar-refractivity contribution in [2.24, 2.45) is 0 Å². The first kappa shape index (κ1) is 4.97. The van der Waals surface area contributed by atoms with Crippen molar-refractivity contribution in [3.63, 3.8) is 0 Å². The van der Waals surface area contributed by atoms with Gasteiger partial charge in [0.25, 0.3) is 0 Å². The van der Waals surface area contributed by atoms with Gasteiger partial charge in [-0.05, 0) is 12.8 Å². The van der Waals surface area contributed by atoms with E-state index in [0.717, 1.165) is 12.8 Å². The van der Waals surface area contributed by atoms with Crippen molar-refractivity contribution in [1.29, 1.82) is 0 Å². The smallest absolute Gasteiger partial charge is 0.310 e. The van der Waals surface area contributed by atoms with Crippen LogP contribution in [-0.4, -0.2) is 6.10 Å². The lowest BCUT2D eigenvalue weighted by atomic mass is 10.8. The number of halogens is 2. The lowest BCUT2D eigenvalue weighted by Crippen LogP contribution is -1.91. The Morgan fingerprint density at radius 1 is 1.43 bits per heavy atom. The maximum absolute atomic E-state index is 11.0. The van der Waals surface area contributed by atoms with Crippen LogP contribution in [0.2, 0.25) is 0 Å². The van der Waals surface area contributed by atoms with E-state index in [1.54, 1.807) is 0 Å². The van der Waals surface area contributed by atoms with Gasteiger partial charge in [0.1, 0.15) is 0 Å². The SMILES string of the molecule is F[C](F)OC1CC1. The summed E-state index contributed by atoms with van der Waals surface area (Å²) in [7, 11) is 0. The van der Waals surface area contributed by atoms with E-state index in [0.29, 0.717) is 0 Å². The molecule has 3 heteroatoms. The summed E-state index contributed by atoms with van der Waals surface area (Å²) < 4.78 is 26.0. The second kappa shape index (κ2) is 1.74. The summed E-state index contributed by atoms with van der Waals surface area (Å²) in [5, 5.41) is 0. The summed E-state index contributed by atoms with van der Waals surface area (Å²) in [6.45, 7) is -1.90. The fraction of sp³-hybridized carbons (Fsp3) is 0.750. The maximum Gasteiger partial charge on any atom is 0.448 e. The molecule has 0 heterocycles. The van der Waals surface area contributed by atoms with E-state index in [-0.39, 0.29) is 6.10 Å². The maximum atomic E-state index is 11.0. The number of hydrogen-bond acceptors (Lipinski definition) is 1. The first-order chi connectivity index (χ1) is 3.29. The molecule has 1 aliphatic carbocycles. The van der Waals surface area contributed by atoms with Crippen molar-refractivity contribution in [2.45, 2.75) is 18.9 Å². The largest absolute Gasteiger partial charge is 0.448 e. The zero-order chi connectivity index (χ0) is 5.28. The molecule has 0 aromatic heterocycles. The number of ether oxygens (including phenoxy) is 1. The Bertz CT molecular complexity index is 60.7. The average molecular weight is 107 g/mol. The van der Waals surface area contributed by atoms with Gasteiger partial charge in [0.15, 0.2) is 0 Å². The molecule has 0 bridgehead atoms. The fourth-order valence-electron chi connectivity index (χ4n) is 0.312. The van der Waals surface area contributed by atoms with E-state index >= 15 is 0 Å². The standard InChI is InChI=1S/C4H5F2O/c5-4(6)7-3-1-2-3/h3H,1-2H2. The molecule has 0 unspecified atom stereocenters. The Labute approximate surface area is 40.3 Å². The highest BCUT2D eigenvalue weighted by atomic mass is 19.3. The molecule has 1 aliphatic rings. The summed E-state index contributed by atoms with van der Waals surface area (Å²) in [6, 6.07) is 0. The van der Waals surface area contributed by atoms with E-state index in [2.05, 4.69) is 4.74 Å². The predicted octanol–water partition coefficient (Wildman–Crippen LogP) is 1.55. The van der Waals surface area contributed by atoms with Gasteiger partial charge in [-0.3, -0.25) is 0 Å². The Balaban J connectivity index is 1.97. The Hall–Kier alpha value is -0.180. The van der Waals surface area contributed by atoms with Crippen molar-refractivity contribution in [3.05, 3.63) is 6.61 Å². The molecule has 0 spiro atoms. The van der Waals surface area contributed by atoms with Gasteiger partial charge in [-0.15, -0.1) is 0 Å². The van der Waals surface area contributed by atoms with E-state index in [9.17, 15) is 8.78 Å². The molecule has 0 amide bonds. The van der Waals surface area contributed by atoms with Crippen molar-refractivity contribution in [2.75, 3.05) is 0 Å². The minimum Gasteiger partial charge on any atom is -0.310 e. The van der Waals surface area contributed by atoms with Gasteiger partial charge in [-0.25, -0.2) is 0 Å². The highest BCUT2D eigenvalue weighted by molar-refractivity contribution is 4.74. The summed E-state index contributed by atoms with van der Waals surface area (Å²) >= 11 is 0. The van der Waals surface area contributed by atoms with Crippen LogP contribution in [0.15, 0.2) is 0 Å². The molecule has 0 aromatic carbocycles. The minimum absolute atomic E-state index is 0.162. The predicted molar refractivity (Wildman–Crippen MR) is 19.6 cm³/mol. The topological polar surface area (TPSA) is 9.23 Å². The lowest BCUT2D eigenvalue weighted by molar-refractivity contribution is -0.0288. The molecule has 1 radical (unpaired) electrons. The third-order valence-electron chi connectivity index (χ3n) is 0.780. The van der Waals surface area contributed by atoms with Gasteiger partial charge in [-0.2, -0.15) is 8.78 Å². The third-order valence-corrected chi connectivity index (χ3v) is 0.780. The van der Waals surface area contributed by atoms with Crippen LogP contribution in [0.5, 0.6) is 0 Å². The van der Waals surface area contributed by atoms with Crippen LogP contribution in [0.3, 0.4) is 0 Å². The summed E-state index contributed by atoms with van der Waals surface area (Å²) in [6.07, 6.45) is 1.42. The Kier molecular flexibility index (Phi) is 1.23. The molecule has 0 atom stereocenters. The van der Waals surface area contributed by atoms with E-state index < -0.39 is 6.61 Å². The molecule has 1 fully saturated rings. The van der Waals surface area contributed by atoms with Crippen molar-refractivity contribution in [1.82, 2.24) is 0 Å².